The summed E-state index contributed by atoms with van der Waals surface area (Å²) >= 11 is 0. The summed E-state index contributed by atoms with van der Waals surface area (Å²) in [6, 6.07) is 11.7. The molecule has 0 spiro atoms. The Morgan fingerprint density at radius 3 is 2.83 bits per heavy atom. The van der Waals surface area contributed by atoms with Gasteiger partial charge in [0.1, 0.15) is 12.4 Å². The van der Waals surface area contributed by atoms with Gasteiger partial charge in [0.25, 0.3) is 0 Å². The lowest BCUT2D eigenvalue weighted by atomic mass is 10.1. The molecule has 3 rings (SSSR count). The molecule has 1 heterocycles. The Hall–Kier alpha value is -3.09. The van der Waals surface area contributed by atoms with Crippen molar-refractivity contribution in [3.63, 3.8) is 0 Å². The zero-order valence-corrected chi connectivity index (χ0v) is 13.3. The van der Waals surface area contributed by atoms with Crippen LogP contribution in [-0.2, 0) is 11.3 Å². The number of benzene rings is 2. The third kappa shape index (κ3) is 3.62. The van der Waals surface area contributed by atoms with Gasteiger partial charge in [0.15, 0.2) is 0 Å². The Morgan fingerprint density at radius 2 is 2.04 bits per heavy atom. The first kappa shape index (κ1) is 15.8. The van der Waals surface area contributed by atoms with Crippen molar-refractivity contribution in [3.05, 3.63) is 59.4 Å². The van der Waals surface area contributed by atoms with Crippen LogP contribution in [0, 0.1) is 19.7 Å². The Morgan fingerprint density at radius 1 is 1.21 bits per heavy atom. The molecule has 0 fully saturated rings. The number of amides is 1. The molecule has 2 aromatic carbocycles. The van der Waals surface area contributed by atoms with Crippen LogP contribution >= 0.6 is 0 Å². The van der Waals surface area contributed by atoms with Crippen LogP contribution in [0.15, 0.2) is 42.5 Å². The van der Waals surface area contributed by atoms with Gasteiger partial charge in [-0.3, -0.25) is 4.79 Å². The molecule has 0 unspecified atom stereocenters. The summed E-state index contributed by atoms with van der Waals surface area (Å²) < 4.78 is 13.2. The summed E-state index contributed by atoms with van der Waals surface area (Å²) in [5.74, 6) is -0.363. The van der Waals surface area contributed by atoms with E-state index in [1.54, 1.807) is 12.1 Å². The third-order valence-electron chi connectivity index (χ3n) is 3.49. The predicted molar refractivity (Wildman–Crippen MR) is 87.8 cm³/mol. The van der Waals surface area contributed by atoms with Crippen LogP contribution in [0.5, 0.6) is 0 Å². The highest BCUT2D eigenvalue weighted by atomic mass is 19.1. The Kier molecular flexibility index (Phi) is 4.33. The van der Waals surface area contributed by atoms with Crippen LogP contribution in [0.1, 0.15) is 11.1 Å². The number of hydrogen-bond donors (Lipinski definition) is 1. The number of aryl methyl sites for hydroxylation is 2. The van der Waals surface area contributed by atoms with E-state index in [1.165, 1.54) is 16.9 Å². The topological polar surface area (TPSA) is 72.7 Å². The predicted octanol–water partition coefficient (Wildman–Crippen LogP) is 2.73. The van der Waals surface area contributed by atoms with E-state index in [-0.39, 0.29) is 24.1 Å². The van der Waals surface area contributed by atoms with Crippen LogP contribution < -0.4 is 5.32 Å². The lowest BCUT2D eigenvalue weighted by Crippen LogP contribution is -2.21. The smallest absolute Gasteiger partial charge is 0.248 e. The number of nitrogens with zero attached hydrogens (tertiary/aromatic N) is 4. The van der Waals surface area contributed by atoms with Gasteiger partial charge in [0.05, 0.1) is 0 Å². The molecule has 0 atom stereocenters. The molecule has 0 bridgehead atoms. The number of anilines is 1. The van der Waals surface area contributed by atoms with E-state index < -0.39 is 0 Å². The van der Waals surface area contributed by atoms with Gasteiger partial charge in [-0.25, -0.2) is 4.39 Å². The molecule has 0 saturated carbocycles. The first-order chi connectivity index (χ1) is 11.5. The zero-order valence-electron chi connectivity index (χ0n) is 13.3. The van der Waals surface area contributed by atoms with Gasteiger partial charge < -0.3 is 5.32 Å². The summed E-state index contributed by atoms with van der Waals surface area (Å²) in [6.45, 7) is 3.81. The van der Waals surface area contributed by atoms with Gasteiger partial charge in [-0.15, -0.1) is 10.2 Å². The molecule has 0 aliphatic carbocycles. The normalized spacial score (nSPS) is 10.6. The average molecular weight is 325 g/mol. The molecule has 1 aromatic heterocycles. The van der Waals surface area contributed by atoms with Gasteiger partial charge in [0, 0.05) is 11.3 Å². The quantitative estimate of drug-likeness (QED) is 0.800. The molecule has 24 heavy (non-hydrogen) atoms. The van der Waals surface area contributed by atoms with Crippen molar-refractivity contribution in [1.82, 2.24) is 20.2 Å². The molecular weight excluding hydrogens is 309 g/mol. The minimum atomic E-state index is -0.378. The van der Waals surface area contributed by atoms with E-state index in [9.17, 15) is 9.18 Å². The maximum absolute atomic E-state index is 13.2. The van der Waals surface area contributed by atoms with Crippen molar-refractivity contribution >= 4 is 11.6 Å². The van der Waals surface area contributed by atoms with Gasteiger partial charge in [-0.1, -0.05) is 24.3 Å². The summed E-state index contributed by atoms with van der Waals surface area (Å²) in [6.07, 6.45) is 0. The van der Waals surface area contributed by atoms with E-state index in [1.807, 2.05) is 32.0 Å². The third-order valence-corrected chi connectivity index (χ3v) is 3.49. The first-order valence-corrected chi connectivity index (χ1v) is 7.42. The largest absolute Gasteiger partial charge is 0.324 e. The van der Waals surface area contributed by atoms with Crippen LogP contribution in [0.2, 0.25) is 0 Å². The van der Waals surface area contributed by atoms with E-state index >= 15 is 0 Å². The van der Waals surface area contributed by atoms with Crippen molar-refractivity contribution in [2.75, 3.05) is 5.32 Å². The van der Waals surface area contributed by atoms with Crippen molar-refractivity contribution in [1.29, 1.82) is 0 Å². The number of halogens is 1. The molecule has 6 nitrogen and oxygen atoms in total. The molecule has 7 heteroatoms. The molecule has 0 radical (unpaired) electrons. The van der Waals surface area contributed by atoms with Crippen LogP contribution in [0.3, 0.4) is 0 Å². The fourth-order valence-electron chi connectivity index (χ4n) is 2.24. The number of nitrogens with one attached hydrogen (secondary N) is 1. The second-order valence-electron chi connectivity index (χ2n) is 5.52. The standard InChI is InChI=1S/C17H16FN5O/c1-11-6-7-12(2)15(8-11)19-16(24)10-23-21-17(20-22-23)13-4-3-5-14(18)9-13/h3-9H,10H2,1-2H3,(H,19,24). The van der Waals surface area contributed by atoms with Crippen molar-refractivity contribution < 1.29 is 9.18 Å². The minimum Gasteiger partial charge on any atom is -0.324 e. The molecule has 0 saturated heterocycles. The van der Waals surface area contributed by atoms with E-state index in [4.69, 9.17) is 0 Å². The van der Waals surface area contributed by atoms with Crippen molar-refractivity contribution in [2.24, 2.45) is 0 Å². The molecule has 1 N–H and O–H groups in total. The van der Waals surface area contributed by atoms with E-state index in [2.05, 4.69) is 20.7 Å². The SMILES string of the molecule is Cc1ccc(C)c(NC(=O)Cn2nnc(-c3cccc(F)c3)n2)c1. The summed E-state index contributed by atoms with van der Waals surface area (Å²) in [7, 11) is 0. The molecule has 1 amide bonds. The average Bonchev–Trinajstić information content (AvgIpc) is 2.99. The number of rotatable bonds is 4. The monoisotopic (exact) mass is 325 g/mol. The number of carbonyl (C=O) groups excluding carboxylic acids is 1. The van der Waals surface area contributed by atoms with Crippen molar-refractivity contribution in [3.8, 4) is 11.4 Å². The molecule has 0 aliphatic rings. The second kappa shape index (κ2) is 6.57. The molecule has 0 aliphatic heterocycles. The first-order valence-electron chi connectivity index (χ1n) is 7.42. The Bertz CT molecular complexity index is 890. The second-order valence-corrected chi connectivity index (χ2v) is 5.52. The maximum Gasteiger partial charge on any atom is 0.248 e. The highest BCUT2D eigenvalue weighted by molar-refractivity contribution is 5.91. The fraction of sp³-hybridized carbons (Fsp3) is 0.176. The Balaban J connectivity index is 1.70. The van der Waals surface area contributed by atoms with Gasteiger partial charge in [-0.05, 0) is 48.4 Å². The van der Waals surface area contributed by atoms with Gasteiger partial charge >= 0.3 is 0 Å². The summed E-state index contributed by atoms with van der Waals surface area (Å²) in [4.78, 5) is 13.3. The van der Waals surface area contributed by atoms with Crippen molar-refractivity contribution in [2.45, 2.75) is 20.4 Å². The lowest BCUT2D eigenvalue weighted by Gasteiger charge is -2.08. The molecule has 3 aromatic rings. The van der Waals surface area contributed by atoms with Gasteiger partial charge in [-0.2, -0.15) is 4.80 Å². The van der Waals surface area contributed by atoms with Gasteiger partial charge in [0.2, 0.25) is 11.7 Å². The Labute approximate surface area is 138 Å². The van der Waals surface area contributed by atoms with Crippen LogP contribution in [0.25, 0.3) is 11.4 Å². The van der Waals surface area contributed by atoms with Crippen LogP contribution in [-0.4, -0.2) is 26.1 Å². The summed E-state index contributed by atoms with van der Waals surface area (Å²) in [5.41, 5.74) is 3.30. The highest BCUT2D eigenvalue weighted by Crippen LogP contribution is 2.17. The number of aromatic nitrogens is 4. The number of tetrazole rings is 1. The minimum absolute atomic E-state index is 0.0737. The van der Waals surface area contributed by atoms with E-state index in [0.717, 1.165) is 16.8 Å². The zero-order chi connectivity index (χ0) is 17.1. The fourth-order valence-corrected chi connectivity index (χ4v) is 2.24. The highest BCUT2D eigenvalue weighted by Gasteiger charge is 2.11. The number of hydrogen-bond acceptors (Lipinski definition) is 4. The number of carbonyl (C=O) groups is 1. The molecular formula is C17H16FN5O. The maximum atomic E-state index is 13.2. The lowest BCUT2D eigenvalue weighted by molar-refractivity contribution is -0.117. The van der Waals surface area contributed by atoms with E-state index in [0.29, 0.717) is 5.56 Å². The molecule has 122 valence electrons. The van der Waals surface area contributed by atoms with Crippen LogP contribution in [0.4, 0.5) is 10.1 Å². The summed E-state index contributed by atoms with van der Waals surface area (Å²) in [5, 5.41) is 14.6.